The highest BCUT2D eigenvalue weighted by molar-refractivity contribution is 5.85. The van der Waals surface area contributed by atoms with Crippen molar-refractivity contribution in [3.63, 3.8) is 0 Å². The molecule has 142 valence electrons. The Morgan fingerprint density at radius 3 is 2.07 bits per heavy atom. The zero-order valence-corrected chi connectivity index (χ0v) is 16.5. The zero-order valence-electron chi connectivity index (χ0n) is 15.6. The van der Waals surface area contributed by atoms with Crippen LogP contribution in [0.15, 0.2) is 48.5 Å². The van der Waals surface area contributed by atoms with Crippen LogP contribution in [0.4, 0.5) is 11.5 Å². The summed E-state index contributed by atoms with van der Waals surface area (Å²) in [5.74, 6) is 3.57. The lowest BCUT2D eigenvalue weighted by atomic mass is 10.1. The third-order valence-electron chi connectivity index (χ3n) is 3.90. The highest BCUT2D eigenvalue weighted by Crippen LogP contribution is 2.32. The molecular formula is C20H22ClN3O3. The number of benzene rings is 2. The Hall–Kier alpha value is -2.99. The lowest BCUT2D eigenvalue weighted by Gasteiger charge is -2.13. The van der Waals surface area contributed by atoms with E-state index in [-0.39, 0.29) is 12.4 Å². The fraction of sp³-hybridized carbons (Fsp3) is 0.200. The van der Waals surface area contributed by atoms with Gasteiger partial charge in [0.2, 0.25) is 0 Å². The molecule has 0 fully saturated rings. The van der Waals surface area contributed by atoms with Gasteiger partial charge in [-0.3, -0.25) is 0 Å². The average molecular weight is 388 g/mol. The normalized spacial score (nSPS) is 9.93. The first kappa shape index (κ1) is 20.3. The van der Waals surface area contributed by atoms with Crippen molar-refractivity contribution >= 4 is 23.9 Å². The maximum atomic E-state index is 5.43. The predicted octanol–water partition coefficient (Wildman–Crippen LogP) is 4.64. The van der Waals surface area contributed by atoms with Crippen molar-refractivity contribution in [2.45, 2.75) is 6.92 Å². The Balaban J connectivity index is 0.00000261. The summed E-state index contributed by atoms with van der Waals surface area (Å²) in [5, 5.41) is 3.29. The minimum atomic E-state index is 0. The highest BCUT2D eigenvalue weighted by Gasteiger charge is 2.09. The summed E-state index contributed by atoms with van der Waals surface area (Å²) in [6, 6.07) is 15.2. The molecule has 0 radical (unpaired) electrons. The Bertz CT molecular complexity index is 901. The first-order valence-electron chi connectivity index (χ1n) is 8.12. The van der Waals surface area contributed by atoms with Crippen molar-refractivity contribution in [3.8, 4) is 28.5 Å². The number of hydrogen-bond donors (Lipinski definition) is 1. The molecule has 0 atom stereocenters. The molecule has 27 heavy (non-hydrogen) atoms. The number of ether oxygens (including phenoxy) is 3. The van der Waals surface area contributed by atoms with Crippen LogP contribution in [0, 0.1) is 6.92 Å². The molecule has 6 nitrogen and oxygen atoms in total. The number of rotatable bonds is 6. The summed E-state index contributed by atoms with van der Waals surface area (Å²) in [6.07, 6.45) is 0. The second kappa shape index (κ2) is 9.09. The van der Waals surface area contributed by atoms with Gasteiger partial charge in [0.05, 0.1) is 32.7 Å². The number of anilines is 2. The van der Waals surface area contributed by atoms with E-state index in [2.05, 4.69) is 15.3 Å². The maximum Gasteiger partial charge on any atom is 0.146 e. The van der Waals surface area contributed by atoms with Gasteiger partial charge in [-0.1, -0.05) is 0 Å². The van der Waals surface area contributed by atoms with E-state index in [0.29, 0.717) is 17.4 Å². The Labute approximate surface area is 164 Å². The summed E-state index contributed by atoms with van der Waals surface area (Å²) < 4.78 is 15.9. The summed E-state index contributed by atoms with van der Waals surface area (Å²) in [7, 11) is 4.89. The molecule has 0 bridgehead atoms. The van der Waals surface area contributed by atoms with E-state index in [0.717, 1.165) is 28.4 Å². The van der Waals surface area contributed by atoms with Gasteiger partial charge in [-0.25, -0.2) is 9.97 Å². The molecule has 0 aliphatic heterocycles. The molecule has 0 amide bonds. The fourth-order valence-electron chi connectivity index (χ4n) is 2.58. The third kappa shape index (κ3) is 4.80. The number of hydrogen-bond acceptors (Lipinski definition) is 6. The van der Waals surface area contributed by atoms with E-state index < -0.39 is 0 Å². The number of aryl methyl sites for hydroxylation is 1. The zero-order chi connectivity index (χ0) is 18.5. The number of nitrogens with zero attached hydrogens (tertiary/aromatic N) is 2. The number of nitrogens with one attached hydrogen (secondary N) is 1. The summed E-state index contributed by atoms with van der Waals surface area (Å²) in [5.41, 5.74) is 2.61. The van der Waals surface area contributed by atoms with Gasteiger partial charge in [-0.05, 0) is 43.3 Å². The molecule has 0 aliphatic carbocycles. The molecule has 7 heteroatoms. The van der Waals surface area contributed by atoms with Crippen molar-refractivity contribution in [1.29, 1.82) is 0 Å². The van der Waals surface area contributed by atoms with Crippen LogP contribution in [-0.2, 0) is 0 Å². The van der Waals surface area contributed by atoms with E-state index in [1.165, 1.54) is 0 Å². The largest absolute Gasteiger partial charge is 0.497 e. The summed E-state index contributed by atoms with van der Waals surface area (Å²) >= 11 is 0. The Morgan fingerprint density at radius 1 is 0.778 bits per heavy atom. The molecule has 0 unspecified atom stereocenters. The van der Waals surface area contributed by atoms with E-state index >= 15 is 0 Å². The van der Waals surface area contributed by atoms with Gasteiger partial charge >= 0.3 is 0 Å². The van der Waals surface area contributed by atoms with Crippen LogP contribution in [-0.4, -0.2) is 31.3 Å². The predicted molar refractivity (Wildman–Crippen MR) is 109 cm³/mol. The van der Waals surface area contributed by atoms with Crippen LogP contribution in [0.1, 0.15) is 5.82 Å². The molecule has 0 saturated carbocycles. The van der Waals surface area contributed by atoms with Crippen LogP contribution >= 0.6 is 12.4 Å². The van der Waals surface area contributed by atoms with E-state index in [1.807, 2.05) is 55.5 Å². The second-order valence-corrected chi connectivity index (χ2v) is 5.61. The minimum absolute atomic E-state index is 0. The van der Waals surface area contributed by atoms with Gasteiger partial charge in [0.1, 0.15) is 28.9 Å². The van der Waals surface area contributed by atoms with Gasteiger partial charge in [-0.2, -0.15) is 0 Å². The van der Waals surface area contributed by atoms with Crippen molar-refractivity contribution in [2.75, 3.05) is 26.6 Å². The maximum absolute atomic E-state index is 5.43. The molecule has 3 aromatic rings. The van der Waals surface area contributed by atoms with Gasteiger partial charge in [0.15, 0.2) is 0 Å². The molecule has 2 aromatic carbocycles. The average Bonchev–Trinajstić information content (AvgIpc) is 2.68. The van der Waals surface area contributed by atoms with Crippen LogP contribution in [0.3, 0.4) is 0 Å². The van der Waals surface area contributed by atoms with Crippen LogP contribution in [0.5, 0.6) is 17.2 Å². The number of methoxy groups -OCH3 is 3. The molecule has 0 spiro atoms. The van der Waals surface area contributed by atoms with Crippen molar-refractivity contribution < 1.29 is 14.2 Å². The first-order valence-corrected chi connectivity index (χ1v) is 8.12. The van der Waals surface area contributed by atoms with Gasteiger partial charge in [-0.15, -0.1) is 12.4 Å². The first-order chi connectivity index (χ1) is 12.6. The van der Waals surface area contributed by atoms with E-state index in [9.17, 15) is 0 Å². The molecule has 0 aliphatic rings. The second-order valence-electron chi connectivity index (χ2n) is 5.61. The molecule has 1 heterocycles. The Kier molecular flexibility index (Phi) is 6.85. The lowest BCUT2D eigenvalue weighted by Crippen LogP contribution is -2.00. The molecule has 1 N–H and O–H groups in total. The third-order valence-corrected chi connectivity index (χ3v) is 3.90. The van der Waals surface area contributed by atoms with Gasteiger partial charge in [0.25, 0.3) is 0 Å². The summed E-state index contributed by atoms with van der Waals surface area (Å²) in [4.78, 5) is 9.00. The topological polar surface area (TPSA) is 65.5 Å². The van der Waals surface area contributed by atoms with Crippen LogP contribution in [0.2, 0.25) is 0 Å². The van der Waals surface area contributed by atoms with Crippen molar-refractivity contribution in [3.05, 3.63) is 54.4 Å². The SMILES string of the molecule is COc1ccc(-c2cc(Nc3ccc(OC)cc3OC)nc(C)n2)cc1.Cl. The number of aromatic nitrogens is 2. The molecule has 1 aromatic heterocycles. The fourth-order valence-corrected chi connectivity index (χ4v) is 2.58. The Morgan fingerprint density at radius 2 is 1.44 bits per heavy atom. The quantitative estimate of drug-likeness (QED) is 0.664. The lowest BCUT2D eigenvalue weighted by molar-refractivity contribution is 0.395. The van der Waals surface area contributed by atoms with Crippen molar-refractivity contribution in [2.24, 2.45) is 0 Å². The standard InChI is InChI=1S/C20H21N3O3.ClH/c1-13-21-18(14-5-7-15(24-2)8-6-14)12-20(22-13)23-17-10-9-16(25-3)11-19(17)26-4;/h5-12H,1-4H3,(H,21,22,23);1H. The smallest absolute Gasteiger partial charge is 0.146 e. The minimum Gasteiger partial charge on any atom is -0.497 e. The van der Waals surface area contributed by atoms with Crippen LogP contribution in [0.25, 0.3) is 11.3 Å². The number of halogens is 1. The van der Waals surface area contributed by atoms with Gasteiger partial charge in [0, 0.05) is 17.7 Å². The van der Waals surface area contributed by atoms with Gasteiger partial charge < -0.3 is 19.5 Å². The monoisotopic (exact) mass is 387 g/mol. The van der Waals surface area contributed by atoms with E-state index in [1.54, 1.807) is 21.3 Å². The molecular weight excluding hydrogens is 366 g/mol. The van der Waals surface area contributed by atoms with E-state index in [4.69, 9.17) is 14.2 Å². The highest BCUT2D eigenvalue weighted by atomic mass is 35.5. The molecule has 0 saturated heterocycles. The summed E-state index contributed by atoms with van der Waals surface area (Å²) in [6.45, 7) is 1.86. The molecule has 3 rings (SSSR count). The van der Waals surface area contributed by atoms with Crippen LogP contribution < -0.4 is 19.5 Å². The van der Waals surface area contributed by atoms with Crippen molar-refractivity contribution in [1.82, 2.24) is 9.97 Å².